The number of morpholine rings is 2. The number of nitrogens with one attached hydrogen (secondary N) is 2. The van der Waals surface area contributed by atoms with Gasteiger partial charge >= 0.3 is 0 Å². The monoisotopic (exact) mass is 941 g/mol. The molecule has 0 amide bonds. The van der Waals surface area contributed by atoms with Gasteiger partial charge in [-0.1, -0.05) is 29.3 Å². The second-order valence-corrected chi connectivity index (χ2v) is 16.4. The molecule has 3 saturated heterocycles. The Labute approximate surface area is 394 Å². The van der Waals surface area contributed by atoms with Crippen molar-refractivity contribution in [1.29, 1.82) is 5.26 Å². The first kappa shape index (κ1) is 45.0. The molecule has 3 fully saturated rings. The molecule has 19 nitrogen and oxygen atoms in total. The molecule has 0 spiro atoms. The fraction of sp³-hybridized carbons (Fsp3) is 0.283. The van der Waals surface area contributed by atoms with E-state index in [0.29, 0.717) is 51.4 Å². The van der Waals surface area contributed by atoms with Crippen LogP contribution < -0.4 is 26.0 Å². The van der Waals surface area contributed by atoms with Crippen molar-refractivity contribution in [1.82, 2.24) is 50.5 Å². The van der Waals surface area contributed by atoms with Crippen molar-refractivity contribution in [3.8, 4) is 45.7 Å². The Kier molecular flexibility index (Phi) is 14.1. The molecular formula is C46H45Cl2N15O4. The molecule has 8 aromatic rings. The van der Waals surface area contributed by atoms with Crippen LogP contribution in [0.25, 0.3) is 56.2 Å². The van der Waals surface area contributed by atoms with Gasteiger partial charge in [0.1, 0.15) is 35.1 Å². The second-order valence-electron chi connectivity index (χ2n) is 15.6. The lowest BCUT2D eigenvalue weighted by Gasteiger charge is -2.28. The molecule has 0 radical (unpaired) electrons. The molecule has 3 aromatic carbocycles. The van der Waals surface area contributed by atoms with Crippen LogP contribution in [0.3, 0.4) is 0 Å². The van der Waals surface area contributed by atoms with Gasteiger partial charge in [0.25, 0.3) is 0 Å². The van der Waals surface area contributed by atoms with Crippen molar-refractivity contribution in [2.75, 3.05) is 87.1 Å². The maximum Gasteiger partial charge on any atom is 0.201 e. The van der Waals surface area contributed by atoms with Crippen LogP contribution in [0.1, 0.15) is 18.4 Å². The van der Waals surface area contributed by atoms with Crippen molar-refractivity contribution >= 4 is 68.4 Å². The van der Waals surface area contributed by atoms with E-state index >= 15 is 0 Å². The topological polar surface area (TPSA) is 254 Å². The first-order valence-electron chi connectivity index (χ1n) is 21.6. The summed E-state index contributed by atoms with van der Waals surface area (Å²) in [5.41, 5.74) is 19.9. The fourth-order valence-corrected chi connectivity index (χ4v) is 7.99. The van der Waals surface area contributed by atoms with E-state index in [0.717, 1.165) is 105 Å². The number of ether oxygens (including phenoxy) is 4. The molecule has 8 heterocycles. The van der Waals surface area contributed by atoms with Gasteiger partial charge < -0.3 is 50.2 Å². The lowest BCUT2D eigenvalue weighted by molar-refractivity contribution is 0.0254. The highest BCUT2D eigenvalue weighted by Crippen LogP contribution is 2.33. The third kappa shape index (κ3) is 10.6. The summed E-state index contributed by atoms with van der Waals surface area (Å²) >= 11 is 11.6. The summed E-state index contributed by atoms with van der Waals surface area (Å²) in [6.45, 7) is 8.08. The van der Waals surface area contributed by atoms with Crippen LogP contribution >= 0.6 is 23.2 Å². The highest BCUT2D eigenvalue weighted by Gasteiger charge is 2.20. The number of anilines is 4. The molecule has 11 rings (SSSR count). The number of fused-ring (bicyclic) bond motifs is 2. The van der Waals surface area contributed by atoms with Gasteiger partial charge in [-0.05, 0) is 66.2 Å². The number of nitrogens with zero attached hydrogens (tertiary/aromatic N) is 11. The zero-order chi connectivity index (χ0) is 46.1. The minimum atomic E-state index is 0.0656. The van der Waals surface area contributed by atoms with Crippen molar-refractivity contribution in [2.45, 2.75) is 18.9 Å². The van der Waals surface area contributed by atoms with Gasteiger partial charge in [-0.15, -0.1) is 15.3 Å². The van der Waals surface area contributed by atoms with Gasteiger partial charge in [-0.25, -0.2) is 9.97 Å². The number of nitriles is 1. The number of halogens is 2. The number of rotatable bonds is 7. The minimum absolute atomic E-state index is 0.0656. The van der Waals surface area contributed by atoms with Crippen molar-refractivity contribution < 1.29 is 18.9 Å². The van der Waals surface area contributed by atoms with Crippen LogP contribution in [0.5, 0.6) is 5.75 Å². The highest BCUT2D eigenvalue weighted by atomic mass is 35.5. The van der Waals surface area contributed by atoms with Crippen LogP contribution in [0.2, 0.25) is 10.0 Å². The van der Waals surface area contributed by atoms with Crippen molar-refractivity contribution in [2.24, 2.45) is 0 Å². The molecule has 3 aliphatic rings. The predicted octanol–water partition coefficient (Wildman–Crippen LogP) is 6.76. The van der Waals surface area contributed by atoms with Gasteiger partial charge in [0.15, 0.2) is 5.82 Å². The summed E-state index contributed by atoms with van der Waals surface area (Å²) in [6.07, 6.45) is 6.26. The molecule has 0 unspecified atom stereocenters. The van der Waals surface area contributed by atoms with Crippen LogP contribution in [0.15, 0.2) is 85.3 Å². The summed E-state index contributed by atoms with van der Waals surface area (Å²) in [7, 11) is 0. The summed E-state index contributed by atoms with van der Waals surface area (Å²) in [6, 6.07) is 24.5. The Bertz CT molecular complexity index is 2960. The zero-order valence-corrected chi connectivity index (χ0v) is 37.6. The molecule has 67 heavy (non-hydrogen) atoms. The van der Waals surface area contributed by atoms with Crippen LogP contribution in [0, 0.1) is 11.3 Å². The molecule has 21 heteroatoms. The van der Waals surface area contributed by atoms with Crippen LogP contribution in [0.4, 0.5) is 22.9 Å². The Morgan fingerprint density at radius 2 is 1.13 bits per heavy atom. The normalized spacial score (nSPS) is 15.3. The maximum atomic E-state index is 9.79. The fourth-order valence-electron chi connectivity index (χ4n) is 7.68. The van der Waals surface area contributed by atoms with E-state index in [9.17, 15) is 5.26 Å². The van der Waals surface area contributed by atoms with E-state index in [1.54, 1.807) is 6.20 Å². The number of benzene rings is 3. The smallest absolute Gasteiger partial charge is 0.201 e. The number of imidazole rings is 2. The largest absolute Gasteiger partial charge is 0.489 e. The third-order valence-corrected chi connectivity index (χ3v) is 11.9. The Morgan fingerprint density at radius 3 is 1.69 bits per heavy atom. The number of hydrogen-bond acceptors (Lipinski definition) is 17. The maximum absolute atomic E-state index is 9.79. The molecule has 6 N–H and O–H groups in total. The summed E-state index contributed by atoms with van der Waals surface area (Å²) in [4.78, 5) is 20.4. The second kappa shape index (κ2) is 21.0. The Hall–Kier alpha value is -7.21. The van der Waals surface area contributed by atoms with Crippen LogP contribution in [-0.4, -0.2) is 122 Å². The van der Waals surface area contributed by atoms with Crippen molar-refractivity contribution in [3.05, 3.63) is 101 Å². The van der Waals surface area contributed by atoms with E-state index in [1.165, 1.54) is 23.8 Å². The molecule has 0 aliphatic carbocycles. The standard InChI is InChI=1S/C27H26N6O3.C15H14ClN5O.C4H5ClN4/c28-16-20-15-19(3-6-24(20)36-22-7-11-34-12-8-22)23-17-29-32-27-25(23)30-26(31-27)18-1-4-21(5-2-18)33-9-13-35-14-10-33;16-12-9-17-20-15-13(12)18-14(19-15)10-1-3-11(4-2-10)21-5-7-22-8-6-21;5-2-1-8-9-4(7)3(2)6/h1-6,15,17,22H,7-14H2,(H,30,31,32);1-4,9H,5-8H2,(H,18,19,20);1H,(H2,6,8)(H2,7,9). The van der Waals surface area contributed by atoms with Gasteiger partial charge in [-0.2, -0.15) is 20.6 Å². The number of aromatic amines is 2. The van der Waals surface area contributed by atoms with E-state index in [4.69, 9.17) is 53.6 Å². The molecule has 0 atom stereocenters. The molecule has 0 saturated carbocycles. The summed E-state index contributed by atoms with van der Waals surface area (Å²) < 4.78 is 22.3. The number of aromatic nitrogens is 10. The van der Waals surface area contributed by atoms with Gasteiger partial charge in [0, 0.05) is 67.1 Å². The molecular weight excluding hydrogens is 898 g/mol. The average Bonchev–Trinajstić information content (AvgIpc) is 4.04. The lowest BCUT2D eigenvalue weighted by Crippen LogP contribution is -2.36. The highest BCUT2D eigenvalue weighted by molar-refractivity contribution is 6.34. The quantitative estimate of drug-likeness (QED) is 0.129. The molecule has 5 aromatic heterocycles. The molecule has 342 valence electrons. The number of hydrogen-bond donors (Lipinski definition) is 4. The van der Waals surface area contributed by atoms with E-state index in [-0.39, 0.29) is 17.6 Å². The SMILES string of the molecule is Clc1cnnc2nc(-c3ccc(N4CCOCC4)cc3)[nH]c12.N#Cc1cc(-c2cnnc3nc(-c4ccc(N5CCOCC5)cc4)[nH]c23)ccc1OC1CCOCC1.Nc1nncc(Cl)c1N. The molecule has 0 bridgehead atoms. The Balaban J connectivity index is 0.000000152. The summed E-state index contributed by atoms with van der Waals surface area (Å²) in [5, 5.41) is 33.7. The zero-order valence-electron chi connectivity index (χ0n) is 36.1. The van der Waals surface area contributed by atoms with Gasteiger partial charge in [-0.3, -0.25) is 0 Å². The van der Waals surface area contributed by atoms with E-state index in [2.05, 4.69) is 103 Å². The third-order valence-electron chi connectivity index (χ3n) is 11.3. The number of nitrogens with two attached hydrogens (primary N) is 2. The minimum Gasteiger partial charge on any atom is -0.489 e. The first-order chi connectivity index (χ1) is 32.8. The number of H-pyrrole nitrogens is 2. The first-order valence-corrected chi connectivity index (χ1v) is 22.3. The summed E-state index contributed by atoms with van der Waals surface area (Å²) in [5.74, 6) is 2.23. The van der Waals surface area contributed by atoms with Gasteiger partial charge in [0.05, 0.1) is 85.0 Å². The lowest BCUT2D eigenvalue weighted by atomic mass is 10.0. The van der Waals surface area contributed by atoms with Crippen molar-refractivity contribution in [3.63, 3.8) is 0 Å². The average molecular weight is 943 g/mol. The molecule has 3 aliphatic heterocycles. The number of nitrogen functional groups attached to an aromatic ring is 2. The predicted molar refractivity (Wildman–Crippen MR) is 256 cm³/mol. The van der Waals surface area contributed by atoms with E-state index < -0.39 is 0 Å². The van der Waals surface area contributed by atoms with Gasteiger partial charge in [0.2, 0.25) is 11.3 Å². The van der Waals surface area contributed by atoms with Crippen LogP contribution in [-0.2, 0) is 14.2 Å². The Morgan fingerprint density at radius 1 is 0.627 bits per heavy atom. The van der Waals surface area contributed by atoms with E-state index in [1.807, 2.05) is 30.3 Å².